The SMILES string of the molecule is CC(C)Oc1ccc(-c2cc(C(=O)Nc3ccc(OCC(O)CN)cc3)no2)cc1Cl. The Bertz CT molecular complexity index is 1020. The summed E-state index contributed by atoms with van der Waals surface area (Å²) >= 11 is 6.26. The minimum atomic E-state index is -0.727. The van der Waals surface area contributed by atoms with Crippen LogP contribution in [0.2, 0.25) is 5.02 Å². The Balaban J connectivity index is 1.63. The van der Waals surface area contributed by atoms with Gasteiger partial charge in [-0.3, -0.25) is 4.79 Å². The second kappa shape index (κ2) is 10.3. The molecule has 0 aliphatic rings. The van der Waals surface area contributed by atoms with E-state index in [1.807, 2.05) is 13.8 Å². The molecule has 8 nitrogen and oxygen atoms in total. The monoisotopic (exact) mass is 445 g/mol. The average Bonchev–Trinajstić information content (AvgIpc) is 3.24. The lowest BCUT2D eigenvalue weighted by atomic mass is 10.1. The van der Waals surface area contributed by atoms with Gasteiger partial charge in [-0.1, -0.05) is 16.8 Å². The number of aliphatic hydroxyl groups excluding tert-OH is 1. The third-order valence-electron chi connectivity index (χ3n) is 4.15. The molecule has 0 aliphatic carbocycles. The van der Waals surface area contributed by atoms with E-state index in [1.54, 1.807) is 42.5 Å². The topological polar surface area (TPSA) is 120 Å². The number of hydrogen-bond acceptors (Lipinski definition) is 7. The Morgan fingerprint density at radius 2 is 1.97 bits per heavy atom. The van der Waals surface area contributed by atoms with Gasteiger partial charge in [-0.2, -0.15) is 0 Å². The largest absolute Gasteiger partial charge is 0.491 e. The number of amides is 1. The maximum Gasteiger partial charge on any atom is 0.277 e. The van der Waals surface area contributed by atoms with Crippen LogP contribution in [0.15, 0.2) is 53.1 Å². The number of nitrogens with one attached hydrogen (secondary N) is 1. The van der Waals surface area contributed by atoms with Gasteiger partial charge < -0.3 is 30.2 Å². The van der Waals surface area contributed by atoms with Crippen LogP contribution in [-0.4, -0.2) is 41.5 Å². The predicted molar refractivity (Wildman–Crippen MR) is 118 cm³/mol. The molecule has 3 aromatic rings. The second-order valence-electron chi connectivity index (χ2n) is 7.07. The molecule has 1 atom stereocenters. The van der Waals surface area contributed by atoms with Gasteiger partial charge in [-0.15, -0.1) is 0 Å². The highest BCUT2D eigenvalue weighted by Crippen LogP contribution is 2.31. The van der Waals surface area contributed by atoms with Crippen LogP contribution in [0.3, 0.4) is 0 Å². The minimum absolute atomic E-state index is 0.00194. The Morgan fingerprint density at radius 1 is 1.23 bits per heavy atom. The van der Waals surface area contributed by atoms with E-state index in [0.717, 1.165) is 0 Å². The summed E-state index contributed by atoms with van der Waals surface area (Å²) in [5.74, 6) is 1.11. The highest BCUT2D eigenvalue weighted by molar-refractivity contribution is 6.32. The average molecular weight is 446 g/mol. The van der Waals surface area contributed by atoms with Crippen LogP contribution < -0.4 is 20.5 Å². The van der Waals surface area contributed by atoms with Gasteiger partial charge >= 0.3 is 0 Å². The summed E-state index contributed by atoms with van der Waals surface area (Å²) in [5, 5.41) is 16.4. The number of ether oxygens (including phenoxy) is 2. The van der Waals surface area contributed by atoms with Crippen LogP contribution >= 0.6 is 11.6 Å². The van der Waals surface area contributed by atoms with Crippen molar-refractivity contribution in [1.82, 2.24) is 5.16 Å². The van der Waals surface area contributed by atoms with E-state index in [-0.39, 0.29) is 24.9 Å². The summed E-state index contributed by atoms with van der Waals surface area (Å²) in [6, 6.07) is 13.5. The van der Waals surface area contributed by atoms with Crippen molar-refractivity contribution in [2.75, 3.05) is 18.5 Å². The summed E-state index contributed by atoms with van der Waals surface area (Å²) < 4.78 is 16.3. The first-order valence-corrected chi connectivity index (χ1v) is 10.1. The van der Waals surface area contributed by atoms with Crippen molar-refractivity contribution in [2.24, 2.45) is 5.73 Å². The molecule has 0 radical (unpaired) electrons. The van der Waals surface area contributed by atoms with E-state index in [4.69, 9.17) is 31.3 Å². The molecule has 9 heteroatoms. The molecule has 1 amide bonds. The Morgan fingerprint density at radius 3 is 2.61 bits per heavy atom. The van der Waals surface area contributed by atoms with E-state index in [0.29, 0.717) is 33.5 Å². The lowest BCUT2D eigenvalue weighted by Crippen LogP contribution is -2.26. The standard InChI is InChI=1S/C22H24ClN3O5/c1-13(2)30-20-8-3-14(9-18(20)23)21-10-19(26-31-21)22(28)25-15-4-6-17(7-5-15)29-12-16(27)11-24/h3-10,13,16,27H,11-12,24H2,1-2H3,(H,25,28). The Kier molecular flexibility index (Phi) is 7.51. The lowest BCUT2D eigenvalue weighted by Gasteiger charge is -2.11. The highest BCUT2D eigenvalue weighted by atomic mass is 35.5. The summed E-state index contributed by atoms with van der Waals surface area (Å²) in [6.45, 7) is 4.05. The van der Waals surface area contributed by atoms with Crippen molar-refractivity contribution >= 4 is 23.2 Å². The van der Waals surface area contributed by atoms with Crippen molar-refractivity contribution in [3.05, 3.63) is 59.2 Å². The first kappa shape index (κ1) is 22.6. The molecule has 1 unspecified atom stereocenters. The summed E-state index contributed by atoms with van der Waals surface area (Å²) in [4.78, 5) is 12.5. The number of halogens is 1. The number of carbonyl (C=O) groups is 1. The summed E-state index contributed by atoms with van der Waals surface area (Å²) in [5.41, 5.74) is 6.69. The fourth-order valence-electron chi connectivity index (χ4n) is 2.61. The van der Waals surface area contributed by atoms with E-state index >= 15 is 0 Å². The molecule has 0 bridgehead atoms. The number of hydrogen-bond donors (Lipinski definition) is 3. The zero-order valence-corrected chi connectivity index (χ0v) is 17.9. The van der Waals surface area contributed by atoms with Crippen LogP contribution in [-0.2, 0) is 0 Å². The highest BCUT2D eigenvalue weighted by Gasteiger charge is 2.15. The van der Waals surface area contributed by atoms with E-state index < -0.39 is 12.0 Å². The quantitative estimate of drug-likeness (QED) is 0.459. The molecule has 1 heterocycles. The van der Waals surface area contributed by atoms with Crippen molar-refractivity contribution < 1.29 is 23.9 Å². The van der Waals surface area contributed by atoms with Gasteiger partial charge in [-0.25, -0.2) is 0 Å². The van der Waals surface area contributed by atoms with Gasteiger partial charge in [0.1, 0.15) is 24.2 Å². The van der Waals surface area contributed by atoms with Gasteiger partial charge in [0.15, 0.2) is 11.5 Å². The second-order valence-corrected chi connectivity index (χ2v) is 7.47. The lowest BCUT2D eigenvalue weighted by molar-refractivity contribution is 0.101. The third-order valence-corrected chi connectivity index (χ3v) is 4.44. The zero-order valence-electron chi connectivity index (χ0n) is 17.2. The molecule has 0 saturated carbocycles. The third kappa shape index (κ3) is 6.21. The zero-order chi connectivity index (χ0) is 22.4. The van der Waals surface area contributed by atoms with Crippen molar-refractivity contribution in [2.45, 2.75) is 26.1 Å². The predicted octanol–water partition coefficient (Wildman–Crippen LogP) is 3.73. The minimum Gasteiger partial charge on any atom is -0.491 e. The van der Waals surface area contributed by atoms with Crippen LogP contribution in [0.5, 0.6) is 11.5 Å². The van der Waals surface area contributed by atoms with Crippen molar-refractivity contribution in [3.8, 4) is 22.8 Å². The number of nitrogens with zero attached hydrogens (tertiary/aromatic N) is 1. The van der Waals surface area contributed by atoms with Crippen LogP contribution in [0.4, 0.5) is 5.69 Å². The smallest absolute Gasteiger partial charge is 0.277 e. The molecular formula is C22H24ClN3O5. The normalized spacial score (nSPS) is 11.9. The number of aromatic nitrogens is 1. The molecule has 0 fully saturated rings. The fraction of sp³-hybridized carbons (Fsp3) is 0.273. The van der Waals surface area contributed by atoms with Gasteiger partial charge in [0.25, 0.3) is 5.91 Å². The molecule has 31 heavy (non-hydrogen) atoms. The van der Waals surface area contributed by atoms with E-state index in [2.05, 4.69) is 10.5 Å². The molecule has 2 aromatic carbocycles. The van der Waals surface area contributed by atoms with E-state index in [1.165, 1.54) is 6.07 Å². The number of aliphatic hydroxyl groups is 1. The van der Waals surface area contributed by atoms with Gasteiger partial charge in [0.05, 0.1) is 11.1 Å². The van der Waals surface area contributed by atoms with Gasteiger partial charge in [0.2, 0.25) is 0 Å². The molecule has 0 saturated heterocycles. The van der Waals surface area contributed by atoms with Crippen molar-refractivity contribution in [3.63, 3.8) is 0 Å². The van der Waals surface area contributed by atoms with Crippen LogP contribution in [0.1, 0.15) is 24.3 Å². The molecule has 0 aliphatic heterocycles. The Hall–Kier alpha value is -3.07. The molecule has 164 valence electrons. The number of nitrogens with two attached hydrogens (primary N) is 1. The van der Waals surface area contributed by atoms with Gasteiger partial charge in [0, 0.05) is 23.9 Å². The summed E-state index contributed by atoms with van der Waals surface area (Å²) in [7, 11) is 0. The van der Waals surface area contributed by atoms with Crippen LogP contribution in [0.25, 0.3) is 11.3 Å². The molecule has 3 rings (SSSR count). The van der Waals surface area contributed by atoms with Crippen LogP contribution in [0, 0.1) is 0 Å². The fourth-order valence-corrected chi connectivity index (χ4v) is 2.84. The summed E-state index contributed by atoms with van der Waals surface area (Å²) in [6.07, 6.45) is -0.725. The molecular weight excluding hydrogens is 422 g/mol. The first-order valence-electron chi connectivity index (χ1n) is 9.71. The number of carbonyl (C=O) groups excluding carboxylic acids is 1. The first-order chi connectivity index (χ1) is 14.9. The number of rotatable bonds is 9. The Labute approximate surface area is 184 Å². The number of benzene rings is 2. The molecule has 4 N–H and O–H groups in total. The van der Waals surface area contributed by atoms with Crippen molar-refractivity contribution in [1.29, 1.82) is 0 Å². The molecule has 1 aromatic heterocycles. The maximum atomic E-state index is 12.5. The number of anilines is 1. The van der Waals surface area contributed by atoms with Gasteiger partial charge in [-0.05, 0) is 56.3 Å². The maximum absolute atomic E-state index is 12.5. The van der Waals surface area contributed by atoms with E-state index in [9.17, 15) is 9.90 Å². The molecule has 0 spiro atoms.